The number of aliphatic hydroxyl groups is 1. The molecule has 6 nitrogen and oxygen atoms in total. The molecule has 1 N–H and O–H groups in total. The molecule has 0 atom stereocenters. The number of benzene rings is 1. The minimum absolute atomic E-state index is 0. The van der Waals surface area contributed by atoms with Gasteiger partial charge >= 0.3 is 11.9 Å². The fourth-order valence-electron chi connectivity index (χ4n) is 1.81. The summed E-state index contributed by atoms with van der Waals surface area (Å²) in [4.78, 5) is 36.3. The van der Waals surface area contributed by atoms with E-state index >= 15 is 0 Å². The molecule has 1 heterocycles. The van der Waals surface area contributed by atoms with Crippen molar-refractivity contribution in [3.8, 4) is 0 Å². The number of hydrogen-bond acceptors (Lipinski definition) is 5. The number of rotatable bonds is 3. The molecule has 0 spiro atoms. The molecule has 0 aliphatic carbocycles. The van der Waals surface area contributed by atoms with E-state index in [9.17, 15) is 19.5 Å². The van der Waals surface area contributed by atoms with Gasteiger partial charge in [-0.1, -0.05) is 38.5 Å². The average Bonchev–Trinajstić information content (AvgIpc) is 2.84. The van der Waals surface area contributed by atoms with Gasteiger partial charge in [0.05, 0.1) is 12.1 Å². The van der Waals surface area contributed by atoms with E-state index in [4.69, 9.17) is 0 Å². The van der Waals surface area contributed by atoms with Crippen molar-refractivity contribution in [3.63, 3.8) is 0 Å². The first-order chi connectivity index (χ1) is 11.0. The van der Waals surface area contributed by atoms with Crippen LogP contribution in [0.15, 0.2) is 41.7 Å². The Morgan fingerprint density at radius 1 is 1.07 bits per heavy atom. The molecule has 0 saturated heterocycles. The van der Waals surface area contributed by atoms with Crippen LogP contribution >= 0.6 is 0 Å². The molecule has 0 saturated carbocycles. The van der Waals surface area contributed by atoms with Crippen LogP contribution in [0, 0.1) is 7.43 Å². The van der Waals surface area contributed by atoms with Crippen molar-refractivity contribution in [1.29, 1.82) is 0 Å². The summed E-state index contributed by atoms with van der Waals surface area (Å²) in [6.45, 7) is 6.27. The maximum atomic E-state index is 11.8. The Labute approximate surface area is 213 Å². The van der Waals surface area contributed by atoms with Crippen LogP contribution < -0.4 is 0 Å². The summed E-state index contributed by atoms with van der Waals surface area (Å²) in [5.74, 6) is -3.11. The van der Waals surface area contributed by atoms with Crippen LogP contribution in [0.4, 0.5) is 0 Å². The Balaban J connectivity index is -0.000000355. The average molecular weight is 523 g/mol. The van der Waals surface area contributed by atoms with E-state index in [0.29, 0.717) is 6.54 Å². The normalized spacial score (nSPS) is 11.5. The fraction of sp³-hybridized carbons (Fsp3) is 0.333. The van der Waals surface area contributed by atoms with Gasteiger partial charge in [-0.3, -0.25) is 4.79 Å². The maximum absolute atomic E-state index is 11.8. The molecule has 1 aromatic carbocycles. The Morgan fingerprint density at radius 2 is 1.56 bits per heavy atom. The number of esters is 2. The Bertz CT molecular complexity index is 623. The van der Waals surface area contributed by atoms with Crippen LogP contribution in [-0.4, -0.2) is 49.4 Å². The van der Waals surface area contributed by atoms with E-state index in [1.807, 2.05) is 0 Å². The van der Waals surface area contributed by atoms with E-state index in [1.54, 1.807) is 25.1 Å². The number of likely N-dealkylation sites (N-methyl/N-ethyl adjacent to an activating group) is 1. The molecule has 0 unspecified atom stereocenters. The first-order valence-corrected chi connectivity index (χ1v) is 7.49. The number of aliphatic hydroxyl groups excluding tert-OH is 1. The van der Waals surface area contributed by atoms with Gasteiger partial charge in [-0.2, -0.15) is 0 Å². The van der Waals surface area contributed by atoms with Gasteiger partial charge in [0.2, 0.25) is 0 Å². The van der Waals surface area contributed by atoms with Crippen molar-refractivity contribution in [2.24, 2.45) is 0 Å². The molecular weight excluding hydrogens is 499 g/mol. The molecule has 0 fully saturated rings. The molecule has 1 aliphatic heterocycles. The second-order valence-electron chi connectivity index (χ2n) is 4.90. The van der Waals surface area contributed by atoms with Gasteiger partial charge in [0.25, 0.3) is 5.91 Å². The van der Waals surface area contributed by atoms with Crippen LogP contribution in [0.5, 0.6) is 0 Å². The second-order valence-corrected chi connectivity index (χ2v) is 4.90. The molecule has 1 amide bonds. The van der Waals surface area contributed by atoms with Gasteiger partial charge in [0, 0.05) is 80.4 Å². The second kappa shape index (κ2) is 17.7. The van der Waals surface area contributed by atoms with Crippen LogP contribution in [0.25, 0.3) is 0 Å². The van der Waals surface area contributed by atoms with Crippen LogP contribution in [0.3, 0.4) is 0 Å². The van der Waals surface area contributed by atoms with Crippen molar-refractivity contribution in [2.75, 3.05) is 13.1 Å². The molecule has 2 rings (SSSR count). The number of carbonyl (C=O) groups excluding carboxylic acids is 3. The van der Waals surface area contributed by atoms with Crippen LogP contribution in [-0.2, 0) is 79.7 Å². The van der Waals surface area contributed by atoms with Crippen molar-refractivity contribution >= 4 is 26.3 Å². The molecule has 27 heavy (non-hydrogen) atoms. The largest absolute Gasteiger partial charge is 0.503 e. The first-order valence-electron chi connectivity index (χ1n) is 7.49. The standard InChI is InChI=1S/C14H13NO5.C3H8.CH3.B.2Y/c1-2-15-8-10(11(16)12(15)17)14(19)20-13(18)9-6-4-3-5-7-9;1-3-2;;;;/h3-7,16H,2,8H2,1H3;3H2,1-2H3;1H3;;;/q;;-1;;;. The summed E-state index contributed by atoms with van der Waals surface area (Å²) >= 11 is 0. The van der Waals surface area contributed by atoms with Gasteiger partial charge in [-0.15, -0.1) is 0 Å². The summed E-state index contributed by atoms with van der Waals surface area (Å²) in [6.07, 6.45) is 1.25. The Morgan fingerprint density at radius 3 is 1.96 bits per heavy atom. The number of carbonyl (C=O) groups is 3. The topological polar surface area (TPSA) is 83.9 Å². The number of hydrogen-bond donors (Lipinski definition) is 1. The zero-order chi connectivity index (χ0) is 17.4. The SMILES string of the molecule is CCC.CCN1CC(C(=O)OC(=O)c2ccccc2)=C(O)C1=O.[B].[CH3-].[Y].[Y]. The van der Waals surface area contributed by atoms with Gasteiger partial charge in [-0.25, -0.2) is 9.59 Å². The molecule has 0 aromatic heterocycles. The van der Waals surface area contributed by atoms with Gasteiger partial charge < -0.3 is 22.2 Å². The number of ether oxygens (including phenoxy) is 1. The quantitative estimate of drug-likeness (QED) is 0.285. The van der Waals surface area contributed by atoms with E-state index in [1.165, 1.54) is 23.5 Å². The van der Waals surface area contributed by atoms with E-state index in [0.717, 1.165) is 0 Å². The zero-order valence-corrected chi connectivity index (χ0v) is 21.9. The van der Waals surface area contributed by atoms with Crippen molar-refractivity contribution < 1.29 is 89.6 Å². The van der Waals surface area contributed by atoms with Crippen molar-refractivity contribution in [1.82, 2.24) is 4.90 Å². The van der Waals surface area contributed by atoms with Crippen molar-refractivity contribution in [3.05, 3.63) is 54.7 Å². The molecule has 1 aliphatic rings. The minimum atomic E-state index is -0.999. The summed E-state index contributed by atoms with van der Waals surface area (Å²) in [6, 6.07) is 8.00. The summed E-state index contributed by atoms with van der Waals surface area (Å²) in [7, 11) is 0. The summed E-state index contributed by atoms with van der Waals surface area (Å²) in [5, 5.41) is 9.59. The van der Waals surface area contributed by atoms with E-state index in [2.05, 4.69) is 18.6 Å². The third kappa shape index (κ3) is 10.1. The summed E-state index contributed by atoms with van der Waals surface area (Å²) < 4.78 is 4.66. The predicted octanol–water partition coefficient (Wildman–Crippen LogP) is 2.52. The molecular formula is C18H24BNO5Y2-. The smallest absolute Gasteiger partial charge is 0.347 e. The van der Waals surface area contributed by atoms with Crippen molar-refractivity contribution in [2.45, 2.75) is 27.2 Å². The minimum Gasteiger partial charge on any atom is -0.503 e. The molecule has 0 bridgehead atoms. The predicted molar refractivity (Wildman–Crippen MR) is 96.9 cm³/mol. The molecule has 9 heteroatoms. The molecule has 5 radical (unpaired) electrons. The Kier molecular flexibility index (Phi) is 22.4. The Hall–Kier alpha value is -0.357. The third-order valence-electron chi connectivity index (χ3n) is 2.95. The monoisotopic (exact) mass is 523 g/mol. The molecule has 1 aromatic rings. The number of nitrogens with zero attached hydrogens (tertiary/aromatic N) is 1. The first kappa shape index (κ1) is 34.2. The van der Waals surface area contributed by atoms with Gasteiger partial charge in [-0.05, 0) is 19.1 Å². The number of amides is 1. The zero-order valence-electron chi connectivity index (χ0n) is 16.3. The van der Waals surface area contributed by atoms with E-state index in [-0.39, 0.29) is 98.9 Å². The fourth-order valence-corrected chi connectivity index (χ4v) is 1.81. The van der Waals surface area contributed by atoms with Crippen LogP contribution in [0.2, 0.25) is 0 Å². The van der Waals surface area contributed by atoms with Gasteiger partial charge in [0.1, 0.15) is 5.57 Å². The van der Waals surface area contributed by atoms with Gasteiger partial charge in [0.15, 0.2) is 5.76 Å². The third-order valence-corrected chi connectivity index (χ3v) is 2.95. The van der Waals surface area contributed by atoms with E-state index < -0.39 is 23.6 Å². The molecule has 141 valence electrons. The summed E-state index contributed by atoms with van der Waals surface area (Å²) in [5.41, 5.74) is 0.0266. The maximum Gasteiger partial charge on any atom is 0.347 e. The van der Waals surface area contributed by atoms with Crippen LogP contribution in [0.1, 0.15) is 37.6 Å².